The third-order valence-electron chi connectivity index (χ3n) is 7.44. The zero-order valence-electron chi connectivity index (χ0n) is 20.7. The molecule has 37 heavy (non-hydrogen) atoms. The SMILES string of the molecule is O=C1CC(c2ccccc2)CN1Cc1cn(C(c2ccccc2)(c2ccccc2)c2ccccc2)cn1. The Hall–Kier alpha value is -4.44. The molecule has 1 aliphatic rings. The summed E-state index contributed by atoms with van der Waals surface area (Å²) in [5.74, 6) is 0.414. The van der Waals surface area contributed by atoms with E-state index in [9.17, 15) is 4.79 Å². The quantitative estimate of drug-likeness (QED) is 0.257. The van der Waals surface area contributed by atoms with Crippen LogP contribution in [0.4, 0.5) is 0 Å². The molecule has 1 fully saturated rings. The van der Waals surface area contributed by atoms with E-state index in [0.29, 0.717) is 13.0 Å². The van der Waals surface area contributed by atoms with Crippen molar-refractivity contribution in [3.05, 3.63) is 162 Å². The molecule has 4 nitrogen and oxygen atoms in total. The van der Waals surface area contributed by atoms with Crippen molar-refractivity contribution in [2.45, 2.75) is 24.4 Å². The van der Waals surface area contributed by atoms with Crippen molar-refractivity contribution in [1.29, 1.82) is 0 Å². The summed E-state index contributed by atoms with van der Waals surface area (Å²) >= 11 is 0. The van der Waals surface area contributed by atoms with Crippen molar-refractivity contribution in [3.8, 4) is 0 Å². The van der Waals surface area contributed by atoms with Gasteiger partial charge in [0.25, 0.3) is 0 Å². The van der Waals surface area contributed by atoms with Gasteiger partial charge in [0.1, 0.15) is 5.54 Å². The highest BCUT2D eigenvalue weighted by molar-refractivity contribution is 5.79. The summed E-state index contributed by atoms with van der Waals surface area (Å²) < 4.78 is 2.21. The maximum Gasteiger partial charge on any atom is 0.223 e. The number of carbonyl (C=O) groups is 1. The number of aromatic nitrogens is 2. The van der Waals surface area contributed by atoms with Crippen LogP contribution in [0.3, 0.4) is 0 Å². The van der Waals surface area contributed by atoms with Gasteiger partial charge in [0.05, 0.1) is 18.6 Å². The number of carbonyl (C=O) groups excluding carboxylic acids is 1. The first-order valence-corrected chi connectivity index (χ1v) is 12.8. The van der Waals surface area contributed by atoms with Gasteiger partial charge in [-0.05, 0) is 22.3 Å². The van der Waals surface area contributed by atoms with Gasteiger partial charge in [-0.25, -0.2) is 4.98 Å². The standard InChI is InChI=1S/C33H29N3O/c37-32-21-27(26-13-5-1-6-14-26)22-35(32)23-31-24-36(25-34-31)33(28-15-7-2-8-16-28,29-17-9-3-10-18-29)30-19-11-4-12-20-30/h1-20,24-25,27H,21-23H2. The molecule has 1 amide bonds. The average Bonchev–Trinajstić information content (AvgIpc) is 3.58. The average molecular weight is 484 g/mol. The van der Waals surface area contributed by atoms with Gasteiger partial charge in [-0.3, -0.25) is 4.79 Å². The molecular weight excluding hydrogens is 454 g/mol. The molecular formula is C33H29N3O. The Morgan fingerprint density at radius 1 is 0.703 bits per heavy atom. The molecule has 1 aliphatic heterocycles. The highest BCUT2D eigenvalue weighted by Crippen LogP contribution is 2.41. The number of hydrogen-bond donors (Lipinski definition) is 0. The molecule has 4 aromatic carbocycles. The molecule has 1 saturated heterocycles. The first-order chi connectivity index (χ1) is 18.2. The summed E-state index contributed by atoms with van der Waals surface area (Å²) in [4.78, 5) is 19.7. The van der Waals surface area contributed by atoms with Crippen molar-refractivity contribution in [1.82, 2.24) is 14.5 Å². The summed E-state index contributed by atoms with van der Waals surface area (Å²) in [5.41, 5.74) is 4.96. The second-order valence-electron chi connectivity index (χ2n) is 9.67. The maximum atomic E-state index is 12.9. The number of nitrogens with zero attached hydrogens (tertiary/aromatic N) is 3. The van der Waals surface area contributed by atoms with E-state index in [0.717, 1.165) is 28.9 Å². The smallest absolute Gasteiger partial charge is 0.223 e. The summed E-state index contributed by atoms with van der Waals surface area (Å²) in [6.07, 6.45) is 4.57. The molecule has 0 spiro atoms. The Kier molecular flexibility index (Phi) is 6.15. The lowest BCUT2D eigenvalue weighted by Crippen LogP contribution is -2.37. The van der Waals surface area contributed by atoms with E-state index in [4.69, 9.17) is 4.98 Å². The molecule has 1 unspecified atom stereocenters. The van der Waals surface area contributed by atoms with Gasteiger partial charge in [0, 0.05) is 25.1 Å². The minimum atomic E-state index is -0.601. The fourth-order valence-electron chi connectivity index (χ4n) is 5.68. The molecule has 4 heteroatoms. The van der Waals surface area contributed by atoms with E-state index in [2.05, 4.69) is 95.7 Å². The Morgan fingerprint density at radius 2 is 1.19 bits per heavy atom. The number of rotatable bonds is 7. The van der Waals surface area contributed by atoms with Crippen LogP contribution in [0.5, 0.6) is 0 Å². The van der Waals surface area contributed by atoms with Crippen LogP contribution in [0.15, 0.2) is 134 Å². The normalized spacial score (nSPS) is 15.7. The fourth-order valence-corrected chi connectivity index (χ4v) is 5.68. The first-order valence-electron chi connectivity index (χ1n) is 12.8. The van der Waals surface area contributed by atoms with Crippen molar-refractivity contribution in [2.24, 2.45) is 0 Å². The van der Waals surface area contributed by atoms with Crippen LogP contribution in [0, 0.1) is 0 Å². The molecule has 5 aromatic rings. The van der Waals surface area contributed by atoms with Crippen LogP contribution in [0.1, 0.15) is 40.3 Å². The topological polar surface area (TPSA) is 38.1 Å². The van der Waals surface area contributed by atoms with Crippen LogP contribution in [-0.4, -0.2) is 26.9 Å². The molecule has 0 aliphatic carbocycles. The van der Waals surface area contributed by atoms with Gasteiger partial charge in [-0.2, -0.15) is 0 Å². The predicted molar refractivity (Wildman–Crippen MR) is 146 cm³/mol. The largest absolute Gasteiger partial charge is 0.336 e. The monoisotopic (exact) mass is 483 g/mol. The molecule has 1 atom stereocenters. The summed E-state index contributed by atoms with van der Waals surface area (Å²) in [7, 11) is 0. The third kappa shape index (κ3) is 4.25. The zero-order chi connectivity index (χ0) is 25.1. The Balaban J connectivity index is 1.40. The van der Waals surface area contributed by atoms with Gasteiger partial charge in [0.2, 0.25) is 5.91 Å². The lowest BCUT2D eigenvalue weighted by molar-refractivity contribution is -0.128. The van der Waals surface area contributed by atoms with Crippen molar-refractivity contribution in [3.63, 3.8) is 0 Å². The van der Waals surface area contributed by atoms with Crippen LogP contribution in [0.2, 0.25) is 0 Å². The van der Waals surface area contributed by atoms with Crippen LogP contribution < -0.4 is 0 Å². The maximum absolute atomic E-state index is 12.9. The van der Waals surface area contributed by atoms with Gasteiger partial charge >= 0.3 is 0 Å². The molecule has 0 radical (unpaired) electrons. The summed E-state index contributed by atoms with van der Waals surface area (Å²) in [5, 5.41) is 0. The number of hydrogen-bond acceptors (Lipinski definition) is 2. The van der Waals surface area contributed by atoms with E-state index in [1.54, 1.807) is 0 Å². The van der Waals surface area contributed by atoms with Crippen LogP contribution >= 0.6 is 0 Å². The second kappa shape index (κ2) is 9.90. The summed E-state index contributed by atoms with van der Waals surface area (Å²) in [6, 6.07) is 42.0. The van der Waals surface area contributed by atoms with Crippen molar-refractivity contribution < 1.29 is 4.79 Å². The zero-order valence-corrected chi connectivity index (χ0v) is 20.7. The molecule has 6 rings (SSSR count). The van der Waals surface area contributed by atoms with E-state index in [1.807, 2.05) is 47.6 Å². The van der Waals surface area contributed by atoms with Crippen LogP contribution in [-0.2, 0) is 16.9 Å². The highest BCUT2D eigenvalue weighted by atomic mass is 16.2. The summed E-state index contributed by atoms with van der Waals surface area (Å²) in [6.45, 7) is 1.22. The molecule has 182 valence electrons. The number of likely N-dealkylation sites (tertiary alicyclic amines) is 1. The molecule has 0 bridgehead atoms. The molecule has 1 aromatic heterocycles. The van der Waals surface area contributed by atoms with E-state index in [1.165, 1.54) is 5.56 Å². The van der Waals surface area contributed by atoms with E-state index in [-0.39, 0.29) is 11.8 Å². The number of amides is 1. The van der Waals surface area contributed by atoms with E-state index < -0.39 is 5.54 Å². The minimum absolute atomic E-state index is 0.184. The fraction of sp³-hybridized carbons (Fsp3) is 0.152. The van der Waals surface area contributed by atoms with Gasteiger partial charge in [-0.15, -0.1) is 0 Å². The molecule has 2 heterocycles. The molecule has 0 saturated carbocycles. The third-order valence-corrected chi connectivity index (χ3v) is 7.44. The van der Waals surface area contributed by atoms with Crippen molar-refractivity contribution in [2.75, 3.05) is 6.54 Å². The van der Waals surface area contributed by atoms with Gasteiger partial charge in [-0.1, -0.05) is 121 Å². The van der Waals surface area contributed by atoms with Crippen LogP contribution in [0.25, 0.3) is 0 Å². The predicted octanol–water partition coefficient (Wildman–Crippen LogP) is 6.24. The number of imidazole rings is 1. The van der Waals surface area contributed by atoms with E-state index >= 15 is 0 Å². The second-order valence-corrected chi connectivity index (χ2v) is 9.67. The lowest BCUT2D eigenvalue weighted by Gasteiger charge is -2.37. The Labute approximate surface area is 217 Å². The Bertz CT molecular complexity index is 1370. The lowest BCUT2D eigenvalue weighted by atomic mass is 9.77. The Morgan fingerprint density at radius 3 is 1.70 bits per heavy atom. The first kappa shape index (κ1) is 23.0. The van der Waals surface area contributed by atoms with Gasteiger partial charge in [0.15, 0.2) is 0 Å². The van der Waals surface area contributed by atoms with Gasteiger partial charge < -0.3 is 9.47 Å². The van der Waals surface area contributed by atoms with Crippen molar-refractivity contribution >= 4 is 5.91 Å². The minimum Gasteiger partial charge on any atom is -0.336 e. The number of benzene rings is 4. The molecule has 0 N–H and O–H groups in total. The highest BCUT2D eigenvalue weighted by Gasteiger charge is 2.38.